The summed E-state index contributed by atoms with van der Waals surface area (Å²) in [4.78, 5) is 17.8. The van der Waals surface area contributed by atoms with E-state index in [0.29, 0.717) is 25.1 Å². The van der Waals surface area contributed by atoms with Crippen LogP contribution < -0.4 is 10.6 Å². The number of piperidine rings is 1. The van der Waals surface area contributed by atoms with Crippen LogP contribution in [0.2, 0.25) is 0 Å². The SMILES string of the molecule is CCOC(=O)c1coc(N2CCCC(CCN)C2)n1. The Balaban J connectivity index is 1.99. The van der Waals surface area contributed by atoms with Crippen molar-refractivity contribution in [3.05, 3.63) is 12.0 Å². The quantitative estimate of drug-likeness (QED) is 0.812. The largest absolute Gasteiger partial charge is 0.461 e. The number of carbonyl (C=O) groups excluding carboxylic acids is 1. The summed E-state index contributed by atoms with van der Waals surface area (Å²) in [5, 5.41) is 0. The zero-order valence-corrected chi connectivity index (χ0v) is 11.3. The molecule has 0 spiro atoms. The number of aromatic nitrogens is 1. The van der Waals surface area contributed by atoms with Gasteiger partial charge in [0, 0.05) is 13.1 Å². The fourth-order valence-electron chi connectivity index (χ4n) is 2.42. The number of hydrogen-bond donors (Lipinski definition) is 1. The lowest BCUT2D eigenvalue weighted by molar-refractivity contribution is 0.0519. The van der Waals surface area contributed by atoms with Crippen molar-refractivity contribution in [1.29, 1.82) is 0 Å². The molecule has 1 saturated heterocycles. The molecule has 6 nitrogen and oxygen atoms in total. The molecule has 1 atom stereocenters. The first-order valence-corrected chi connectivity index (χ1v) is 6.82. The maximum atomic E-state index is 11.5. The van der Waals surface area contributed by atoms with Crippen LogP contribution in [0.15, 0.2) is 10.7 Å². The maximum absolute atomic E-state index is 11.5. The van der Waals surface area contributed by atoms with Crippen LogP contribution in [0.1, 0.15) is 36.7 Å². The monoisotopic (exact) mass is 267 g/mol. The number of carbonyl (C=O) groups is 1. The minimum Gasteiger partial charge on any atom is -0.461 e. The second-order valence-corrected chi connectivity index (χ2v) is 4.77. The van der Waals surface area contributed by atoms with Crippen LogP contribution in [-0.4, -0.2) is 37.2 Å². The molecule has 2 N–H and O–H groups in total. The highest BCUT2D eigenvalue weighted by Gasteiger charge is 2.24. The molecule has 106 valence electrons. The molecule has 2 heterocycles. The number of esters is 1. The summed E-state index contributed by atoms with van der Waals surface area (Å²) >= 11 is 0. The maximum Gasteiger partial charge on any atom is 0.360 e. The highest BCUT2D eigenvalue weighted by Crippen LogP contribution is 2.24. The Hall–Kier alpha value is -1.56. The van der Waals surface area contributed by atoms with Crippen molar-refractivity contribution in [2.24, 2.45) is 11.7 Å². The molecule has 1 fully saturated rings. The van der Waals surface area contributed by atoms with Gasteiger partial charge in [0.05, 0.1) is 6.61 Å². The van der Waals surface area contributed by atoms with E-state index in [-0.39, 0.29) is 5.69 Å². The average molecular weight is 267 g/mol. The van der Waals surface area contributed by atoms with E-state index in [1.807, 2.05) is 0 Å². The average Bonchev–Trinajstić information content (AvgIpc) is 2.89. The van der Waals surface area contributed by atoms with E-state index in [0.717, 1.165) is 25.9 Å². The van der Waals surface area contributed by atoms with E-state index in [1.165, 1.54) is 12.7 Å². The molecule has 0 aliphatic carbocycles. The molecular weight excluding hydrogens is 246 g/mol. The van der Waals surface area contributed by atoms with E-state index < -0.39 is 5.97 Å². The molecule has 2 rings (SSSR count). The van der Waals surface area contributed by atoms with Crippen molar-refractivity contribution in [2.45, 2.75) is 26.2 Å². The fraction of sp³-hybridized carbons (Fsp3) is 0.692. The number of anilines is 1. The van der Waals surface area contributed by atoms with Crippen molar-refractivity contribution in [3.63, 3.8) is 0 Å². The van der Waals surface area contributed by atoms with Gasteiger partial charge in [0.2, 0.25) is 0 Å². The van der Waals surface area contributed by atoms with Crippen molar-refractivity contribution < 1.29 is 13.9 Å². The minimum atomic E-state index is -0.437. The number of nitrogens with zero attached hydrogens (tertiary/aromatic N) is 2. The lowest BCUT2D eigenvalue weighted by Crippen LogP contribution is -2.36. The minimum absolute atomic E-state index is 0.234. The highest BCUT2D eigenvalue weighted by atomic mass is 16.5. The molecule has 1 aliphatic rings. The summed E-state index contributed by atoms with van der Waals surface area (Å²) in [7, 11) is 0. The van der Waals surface area contributed by atoms with E-state index >= 15 is 0 Å². The summed E-state index contributed by atoms with van der Waals surface area (Å²) < 4.78 is 10.3. The molecule has 1 aromatic heterocycles. The summed E-state index contributed by atoms with van der Waals surface area (Å²) in [5.41, 5.74) is 5.84. The van der Waals surface area contributed by atoms with Gasteiger partial charge in [-0.25, -0.2) is 4.79 Å². The Bertz CT molecular complexity index is 417. The summed E-state index contributed by atoms with van der Waals surface area (Å²) in [6.45, 7) is 4.60. The van der Waals surface area contributed by atoms with Crippen molar-refractivity contribution in [3.8, 4) is 0 Å². The Morgan fingerprint density at radius 1 is 1.68 bits per heavy atom. The summed E-state index contributed by atoms with van der Waals surface area (Å²) in [6.07, 6.45) is 4.67. The van der Waals surface area contributed by atoms with E-state index in [4.69, 9.17) is 14.9 Å². The van der Waals surface area contributed by atoms with Crippen LogP contribution in [0.3, 0.4) is 0 Å². The molecule has 19 heavy (non-hydrogen) atoms. The topological polar surface area (TPSA) is 81.6 Å². The van der Waals surface area contributed by atoms with Crippen molar-refractivity contribution in [2.75, 3.05) is 31.1 Å². The zero-order valence-electron chi connectivity index (χ0n) is 11.3. The van der Waals surface area contributed by atoms with Gasteiger partial charge in [-0.15, -0.1) is 0 Å². The van der Waals surface area contributed by atoms with E-state index in [9.17, 15) is 4.79 Å². The summed E-state index contributed by atoms with van der Waals surface area (Å²) in [6, 6.07) is 0.504. The summed E-state index contributed by atoms with van der Waals surface area (Å²) in [5.74, 6) is 0.143. The third-order valence-electron chi connectivity index (χ3n) is 3.34. The molecule has 0 saturated carbocycles. The molecule has 1 aliphatic heterocycles. The number of ether oxygens (including phenoxy) is 1. The Kier molecular flexibility index (Phi) is 4.79. The van der Waals surface area contributed by atoms with Gasteiger partial charge in [-0.3, -0.25) is 0 Å². The Labute approximate surface area is 112 Å². The molecule has 6 heteroatoms. The lowest BCUT2D eigenvalue weighted by Gasteiger charge is -2.31. The van der Waals surface area contributed by atoms with Gasteiger partial charge in [0.25, 0.3) is 6.01 Å². The Morgan fingerprint density at radius 2 is 2.53 bits per heavy atom. The van der Waals surface area contributed by atoms with Crippen molar-refractivity contribution >= 4 is 12.0 Å². The fourth-order valence-corrected chi connectivity index (χ4v) is 2.42. The second-order valence-electron chi connectivity index (χ2n) is 4.77. The molecule has 0 amide bonds. The first-order valence-electron chi connectivity index (χ1n) is 6.82. The predicted molar refractivity (Wildman–Crippen MR) is 71.1 cm³/mol. The lowest BCUT2D eigenvalue weighted by atomic mass is 9.95. The van der Waals surface area contributed by atoms with Crippen LogP contribution >= 0.6 is 0 Å². The number of nitrogens with two attached hydrogens (primary N) is 1. The molecular formula is C13H21N3O3. The first kappa shape index (κ1) is 13.9. The Morgan fingerprint density at radius 3 is 3.26 bits per heavy atom. The third kappa shape index (κ3) is 3.47. The molecule has 0 radical (unpaired) electrons. The predicted octanol–water partition coefficient (Wildman–Crippen LogP) is 1.42. The van der Waals surface area contributed by atoms with Gasteiger partial charge in [0.15, 0.2) is 5.69 Å². The van der Waals surface area contributed by atoms with Crippen LogP contribution in [0.4, 0.5) is 6.01 Å². The van der Waals surface area contributed by atoms with Gasteiger partial charge in [0.1, 0.15) is 6.26 Å². The normalized spacial score (nSPS) is 19.5. The standard InChI is InChI=1S/C13H21N3O3/c1-2-18-12(17)11-9-19-13(15-11)16-7-3-4-10(8-16)5-6-14/h9-10H,2-8,14H2,1H3. The molecule has 1 unspecified atom stereocenters. The van der Waals surface area contributed by atoms with Gasteiger partial charge in [-0.2, -0.15) is 4.98 Å². The zero-order chi connectivity index (χ0) is 13.7. The first-order chi connectivity index (χ1) is 9.24. The highest BCUT2D eigenvalue weighted by molar-refractivity contribution is 5.87. The molecule has 0 bridgehead atoms. The molecule has 0 aromatic carbocycles. The van der Waals surface area contributed by atoms with Gasteiger partial charge >= 0.3 is 5.97 Å². The van der Waals surface area contributed by atoms with Crippen LogP contribution in [-0.2, 0) is 4.74 Å². The van der Waals surface area contributed by atoms with Crippen LogP contribution in [0, 0.1) is 5.92 Å². The van der Waals surface area contributed by atoms with E-state index in [1.54, 1.807) is 6.92 Å². The number of rotatable bonds is 5. The smallest absolute Gasteiger partial charge is 0.360 e. The second kappa shape index (κ2) is 6.56. The van der Waals surface area contributed by atoms with Gasteiger partial charge < -0.3 is 19.8 Å². The van der Waals surface area contributed by atoms with Gasteiger partial charge in [-0.05, 0) is 38.6 Å². The van der Waals surface area contributed by atoms with Crippen molar-refractivity contribution in [1.82, 2.24) is 4.98 Å². The number of oxazole rings is 1. The third-order valence-corrected chi connectivity index (χ3v) is 3.34. The molecule has 1 aromatic rings. The van der Waals surface area contributed by atoms with Gasteiger partial charge in [-0.1, -0.05) is 0 Å². The van der Waals surface area contributed by atoms with E-state index in [2.05, 4.69) is 9.88 Å². The van der Waals surface area contributed by atoms with Crippen LogP contribution in [0.25, 0.3) is 0 Å². The number of hydrogen-bond acceptors (Lipinski definition) is 6. The van der Waals surface area contributed by atoms with Crippen LogP contribution in [0.5, 0.6) is 0 Å².